The maximum absolute atomic E-state index is 6.23. The van der Waals surface area contributed by atoms with Gasteiger partial charge in [0, 0.05) is 23.2 Å². The zero-order valence-electron chi connectivity index (χ0n) is 9.24. The highest BCUT2D eigenvalue weighted by atomic mass is 35.5. The van der Waals surface area contributed by atoms with E-state index in [1.165, 1.54) is 5.56 Å². The minimum atomic E-state index is 0.661. The maximum atomic E-state index is 6.23. The molecule has 1 aliphatic rings. The van der Waals surface area contributed by atoms with Gasteiger partial charge >= 0.3 is 0 Å². The molecule has 0 amide bonds. The predicted molar refractivity (Wildman–Crippen MR) is 70.5 cm³/mol. The van der Waals surface area contributed by atoms with Gasteiger partial charge in [-0.2, -0.15) is 0 Å². The summed E-state index contributed by atoms with van der Waals surface area (Å²) in [4.78, 5) is 0. The molecule has 0 spiro atoms. The van der Waals surface area contributed by atoms with Gasteiger partial charge in [0.1, 0.15) is 5.75 Å². The molecule has 0 bridgehead atoms. The summed E-state index contributed by atoms with van der Waals surface area (Å²) in [6, 6.07) is 11.7. The fourth-order valence-electron chi connectivity index (χ4n) is 2.18. The Hall–Kier alpha value is -1.67. The average molecular weight is 246 g/mol. The highest BCUT2D eigenvalue weighted by Gasteiger charge is 2.18. The number of fused-ring (bicyclic) bond motifs is 1. The summed E-state index contributed by atoms with van der Waals surface area (Å²) in [6.45, 7) is 0.749. The largest absolute Gasteiger partial charge is 0.492 e. The van der Waals surface area contributed by atoms with Crippen LogP contribution in [0.25, 0.3) is 11.1 Å². The Kier molecular flexibility index (Phi) is 2.45. The van der Waals surface area contributed by atoms with E-state index in [1.807, 2.05) is 24.3 Å². The summed E-state index contributed by atoms with van der Waals surface area (Å²) >= 11 is 6.23. The van der Waals surface area contributed by atoms with Crippen LogP contribution < -0.4 is 10.5 Å². The molecule has 2 N–H and O–H groups in total. The lowest BCUT2D eigenvalue weighted by Crippen LogP contribution is -1.90. The molecule has 1 heterocycles. The molecule has 0 fully saturated rings. The van der Waals surface area contributed by atoms with Gasteiger partial charge in [-0.1, -0.05) is 35.9 Å². The van der Waals surface area contributed by atoms with E-state index in [9.17, 15) is 0 Å². The second kappa shape index (κ2) is 3.97. The standard InChI is InChI=1S/C14H12ClNO/c15-13-8-10(16)4-5-11(13)12-3-1-2-9-6-7-17-14(9)12/h1-5,8H,6-7,16H2. The highest BCUT2D eigenvalue weighted by Crippen LogP contribution is 2.40. The number of rotatable bonds is 1. The molecule has 0 saturated carbocycles. The normalized spacial score (nSPS) is 13.2. The van der Waals surface area contributed by atoms with Crippen molar-refractivity contribution in [1.82, 2.24) is 0 Å². The molecule has 0 unspecified atom stereocenters. The Morgan fingerprint density at radius 3 is 2.82 bits per heavy atom. The Balaban J connectivity index is 2.19. The van der Waals surface area contributed by atoms with E-state index in [1.54, 1.807) is 6.07 Å². The molecule has 0 aromatic heterocycles. The zero-order chi connectivity index (χ0) is 11.8. The molecule has 0 radical (unpaired) electrons. The number of nitrogens with two attached hydrogens (primary N) is 1. The van der Waals surface area contributed by atoms with Gasteiger partial charge in [0.05, 0.1) is 11.6 Å². The van der Waals surface area contributed by atoms with Crippen LogP contribution in [0.3, 0.4) is 0 Å². The number of benzene rings is 2. The topological polar surface area (TPSA) is 35.2 Å². The molecule has 3 rings (SSSR count). The van der Waals surface area contributed by atoms with E-state index < -0.39 is 0 Å². The minimum absolute atomic E-state index is 0.661. The Morgan fingerprint density at radius 2 is 2.00 bits per heavy atom. The van der Waals surface area contributed by atoms with Crippen LogP contribution in [0.4, 0.5) is 5.69 Å². The molecule has 86 valence electrons. The SMILES string of the molecule is Nc1ccc(-c2cccc3c2OCC3)c(Cl)c1. The molecule has 0 saturated heterocycles. The van der Waals surface area contributed by atoms with Crippen LogP contribution in [0, 0.1) is 0 Å². The number of hydrogen-bond donors (Lipinski definition) is 1. The Morgan fingerprint density at radius 1 is 1.12 bits per heavy atom. The highest BCUT2D eigenvalue weighted by molar-refractivity contribution is 6.33. The molecular weight excluding hydrogens is 234 g/mol. The summed E-state index contributed by atoms with van der Waals surface area (Å²) in [7, 11) is 0. The Labute approximate surface area is 105 Å². The van der Waals surface area contributed by atoms with Gasteiger partial charge in [0.25, 0.3) is 0 Å². The smallest absolute Gasteiger partial charge is 0.130 e. The number of hydrogen-bond acceptors (Lipinski definition) is 2. The summed E-state index contributed by atoms with van der Waals surface area (Å²) in [5, 5.41) is 0.661. The third-order valence-corrected chi connectivity index (χ3v) is 3.31. The van der Waals surface area contributed by atoms with E-state index in [0.29, 0.717) is 10.7 Å². The van der Waals surface area contributed by atoms with Crippen LogP contribution in [-0.2, 0) is 6.42 Å². The first-order valence-corrected chi connectivity index (χ1v) is 5.93. The van der Waals surface area contributed by atoms with Crippen LogP contribution >= 0.6 is 11.6 Å². The lowest BCUT2D eigenvalue weighted by molar-refractivity contribution is 0.358. The lowest BCUT2D eigenvalue weighted by atomic mass is 10.0. The number of halogens is 1. The van der Waals surface area contributed by atoms with E-state index in [4.69, 9.17) is 22.1 Å². The molecule has 1 aliphatic heterocycles. The van der Waals surface area contributed by atoms with E-state index in [0.717, 1.165) is 29.9 Å². The van der Waals surface area contributed by atoms with Crippen molar-refractivity contribution in [3.05, 3.63) is 47.0 Å². The monoisotopic (exact) mass is 245 g/mol. The molecule has 0 aliphatic carbocycles. The summed E-state index contributed by atoms with van der Waals surface area (Å²) in [6.07, 6.45) is 0.968. The number of para-hydroxylation sites is 1. The van der Waals surface area contributed by atoms with Crippen LogP contribution in [0.1, 0.15) is 5.56 Å². The van der Waals surface area contributed by atoms with Crippen molar-refractivity contribution >= 4 is 17.3 Å². The average Bonchev–Trinajstić information content (AvgIpc) is 2.77. The van der Waals surface area contributed by atoms with Gasteiger partial charge in [0.2, 0.25) is 0 Å². The summed E-state index contributed by atoms with van der Waals surface area (Å²) < 4.78 is 5.68. The molecule has 3 heteroatoms. The van der Waals surface area contributed by atoms with E-state index in [-0.39, 0.29) is 0 Å². The molecule has 0 atom stereocenters. The summed E-state index contributed by atoms with van der Waals surface area (Å²) in [5.41, 5.74) is 9.64. The first kappa shape index (κ1) is 10.5. The third-order valence-electron chi connectivity index (χ3n) is 3.00. The van der Waals surface area contributed by atoms with Crippen LogP contribution in [0.15, 0.2) is 36.4 Å². The fourth-order valence-corrected chi connectivity index (χ4v) is 2.47. The van der Waals surface area contributed by atoms with Crippen LogP contribution in [0.2, 0.25) is 5.02 Å². The zero-order valence-corrected chi connectivity index (χ0v) is 10.00. The van der Waals surface area contributed by atoms with Crippen molar-refractivity contribution in [2.75, 3.05) is 12.3 Å². The van der Waals surface area contributed by atoms with Crippen molar-refractivity contribution in [2.24, 2.45) is 0 Å². The van der Waals surface area contributed by atoms with Gasteiger partial charge in [-0.15, -0.1) is 0 Å². The molecule has 17 heavy (non-hydrogen) atoms. The number of nitrogen functional groups attached to an aromatic ring is 1. The van der Waals surface area contributed by atoms with Crippen molar-refractivity contribution < 1.29 is 4.74 Å². The van der Waals surface area contributed by atoms with Gasteiger partial charge in [-0.3, -0.25) is 0 Å². The van der Waals surface area contributed by atoms with Gasteiger partial charge in [-0.05, 0) is 17.7 Å². The number of anilines is 1. The van der Waals surface area contributed by atoms with Crippen molar-refractivity contribution in [2.45, 2.75) is 6.42 Å². The molecular formula is C14H12ClNO. The van der Waals surface area contributed by atoms with Crippen LogP contribution in [-0.4, -0.2) is 6.61 Å². The van der Waals surface area contributed by atoms with Crippen molar-refractivity contribution in [3.8, 4) is 16.9 Å². The fraction of sp³-hybridized carbons (Fsp3) is 0.143. The summed E-state index contributed by atoms with van der Waals surface area (Å²) in [5.74, 6) is 0.958. The van der Waals surface area contributed by atoms with Crippen LogP contribution in [0.5, 0.6) is 5.75 Å². The first-order valence-electron chi connectivity index (χ1n) is 5.56. The number of ether oxygens (including phenoxy) is 1. The first-order chi connectivity index (χ1) is 8.25. The van der Waals surface area contributed by atoms with Gasteiger partial charge < -0.3 is 10.5 Å². The third kappa shape index (κ3) is 1.75. The van der Waals surface area contributed by atoms with Crippen molar-refractivity contribution in [3.63, 3.8) is 0 Å². The van der Waals surface area contributed by atoms with E-state index >= 15 is 0 Å². The van der Waals surface area contributed by atoms with E-state index in [2.05, 4.69) is 6.07 Å². The van der Waals surface area contributed by atoms with Crippen molar-refractivity contribution in [1.29, 1.82) is 0 Å². The minimum Gasteiger partial charge on any atom is -0.492 e. The molecule has 2 aromatic carbocycles. The lowest BCUT2D eigenvalue weighted by Gasteiger charge is -2.10. The van der Waals surface area contributed by atoms with Gasteiger partial charge in [0.15, 0.2) is 0 Å². The second-order valence-electron chi connectivity index (χ2n) is 4.13. The molecule has 2 nitrogen and oxygen atoms in total. The van der Waals surface area contributed by atoms with Gasteiger partial charge in [-0.25, -0.2) is 0 Å². The quantitative estimate of drug-likeness (QED) is 0.781. The molecule has 2 aromatic rings. The second-order valence-corrected chi connectivity index (χ2v) is 4.54. The maximum Gasteiger partial charge on any atom is 0.130 e. The Bertz CT molecular complexity index is 580. The predicted octanol–water partition coefficient (Wildman–Crippen LogP) is 3.52.